The van der Waals surface area contributed by atoms with Gasteiger partial charge in [0.15, 0.2) is 0 Å². The highest BCUT2D eigenvalue weighted by Crippen LogP contribution is 2.25. The van der Waals surface area contributed by atoms with Gasteiger partial charge >= 0.3 is 6.03 Å². The number of rotatable bonds is 5. The van der Waals surface area contributed by atoms with Gasteiger partial charge in [-0.25, -0.2) is 4.79 Å². The molecule has 98 valence electrons. The summed E-state index contributed by atoms with van der Waals surface area (Å²) in [7, 11) is 1.52. The largest absolute Gasteiger partial charge is 0.495 e. The summed E-state index contributed by atoms with van der Waals surface area (Å²) in [6.07, 6.45) is 0.880. The van der Waals surface area contributed by atoms with E-state index in [2.05, 4.69) is 10.6 Å². The van der Waals surface area contributed by atoms with Crippen molar-refractivity contribution in [3.05, 3.63) is 23.8 Å². The molecule has 5 nitrogen and oxygen atoms in total. The molecule has 0 atom stereocenters. The maximum Gasteiger partial charge on any atom is 0.319 e. The number of methoxy groups -OCH3 is 1. The van der Waals surface area contributed by atoms with Gasteiger partial charge in [0.2, 0.25) is 0 Å². The summed E-state index contributed by atoms with van der Waals surface area (Å²) in [4.78, 5) is 11.8. The van der Waals surface area contributed by atoms with E-state index in [4.69, 9.17) is 22.7 Å². The van der Waals surface area contributed by atoms with Gasteiger partial charge in [0.1, 0.15) is 10.7 Å². The van der Waals surface area contributed by atoms with Crippen LogP contribution in [0.4, 0.5) is 10.5 Å². The van der Waals surface area contributed by atoms with E-state index in [1.807, 2.05) is 6.92 Å². The Hall–Kier alpha value is -1.82. The third kappa shape index (κ3) is 3.89. The molecule has 0 aromatic heterocycles. The number of amides is 2. The van der Waals surface area contributed by atoms with E-state index in [1.165, 1.54) is 7.11 Å². The number of urea groups is 1. The highest BCUT2D eigenvalue weighted by Gasteiger charge is 2.08. The number of benzene rings is 1. The Kier molecular flexibility index (Phi) is 5.38. The molecule has 0 saturated carbocycles. The van der Waals surface area contributed by atoms with Crippen LogP contribution >= 0.6 is 12.2 Å². The highest BCUT2D eigenvalue weighted by atomic mass is 32.1. The standard InChI is InChI=1S/C12H17N3O2S/c1-3-6-14-12(16)15-9-5-4-8(11(13)18)7-10(9)17-2/h4-5,7H,3,6H2,1-2H3,(H2,13,18)(H2,14,15,16). The van der Waals surface area contributed by atoms with Gasteiger partial charge in [0, 0.05) is 12.1 Å². The first-order chi connectivity index (χ1) is 8.58. The van der Waals surface area contributed by atoms with E-state index in [9.17, 15) is 4.79 Å². The first kappa shape index (κ1) is 14.2. The van der Waals surface area contributed by atoms with Crippen LogP contribution in [0.5, 0.6) is 5.75 Å². The van der Waals surface area contributed by atoms with Gasteiger partial charge in [-0.2, -0.15) is 0 Å². The molecule has 0 saturated heterocycles. The Morgan fingerprint density at radius 1 is 1.50 bits per heavy atom. The highest BCUT2D eigenvalue weighted by molar-refractivity contribution is 7.80. The molecule has 18 heavy (non-hydrogen) atoms. The van der Waals surface area contributed by atoms with Crippen molar-refractivity contribution in [3.8, 4) is 5.75 Å². The van der Waals surface area contributed by atoms with E-state index < -0.39 is 0 Å². The van der Waals surface area contributed by atoms with Crippen molar-refractivity contribution < 1.29 is 9.53 Å². The molecule has 0 aliphatic heterocycles. The molecule has 0 spiro atoms. The predicted octanol–water partition coefficient (Wildman–Crippen LogP) is 1.86. The fraction of sp³-hybridized carbons (Fsp3) is 0.333. The molecule has 0 radical (unpaired) electrons. The second-order valence-corrected chi connectivity index (χ2v) is 4.10. The molecular formula is C12H17N3O2S. The number of nitrogens with one attached hydrogen (secondary N) is 2. The van der Waals surface area contributed by atoms with Crippen LogP contribution in [0.15, 0.2) is 18.2 Å². The molecule has 6 heteroatoms. The Morgan fingerprint density at radius 2 is 2.22 bits per heavy atom. The fourth-order valence-corrected chi connectivity index (χ4v) is 1.48. The van der Waals surface area contributed by atoms with Crippen LogP contribution in [0.2, 0.25) is 0 Å². The third-order valence-electron chi connectivity index (χ3n) is 2.27. The van der Waals surface area contributed by atoms with Crippen molar-refractivity contribution in [2.75, 3.05) is 19.0 Å². The van der Waals surface area contributed by atoms with Crippen LogP contribution in [-0.4, -0.2) is 24.7 Å². The molecular weight excluding hydrogens is 250 g/mol. The lowest BCUT2D eigenvalue weighted by Crippen LogP contribution is -2.29. The summed E-state index contributed by atoms with van der Waals surface area (Å²) < 4.78 is 5.18. The number of hydrogen-bond acceptors (Lipinski definition) is 3. The van der Waals surface area contributed by atoms with Crippen molar-refractivity contribution in [1.29, 1.82) is 0 Å². The van der Waals surface area contributed by atoms with Gasteiger partial charge in [0.25, 0.3) is 0 Å². The van der Waals surface area contributed by atoms with Crippen LogP contribution in [0, 0.1) is 0 Å². The second kappa shape index (κ2) is 6.80. The molecule has 0 fully saturated rings. The Labute approximate surface area is 112 Å². The van der Waals surface area contributed by atoms with E-state index >= 15 is 0 Å². The predicted molar refractivity (Wildman–Crippen MR) is 76.2 cm³/mol. The third-order valence-corrected chi connectivity index (χ3v) is 2.51. The van der Waals surface area contributed by atoms with Gasteiger partial charge in [-0.15, -0.1) is 0 Å². The SMILES string of the molecule is CCCNC(=O)Nc1ccc(C(N)=S)cc1OC. The quantitative estimate of drug-likeness (QED) is 0.712. The van der Waals surface area contributed by atoms with Gasteiger partial charge in [-0.05, 0) is 24.6 Å². The summed E-state index contributed by atoms with van der Waals surface area (Å²) in [6, 6.07) is 4.87. The van der Waals surface area contributed by atoms with E-state index in [1.54, 1.807) is 18.2 Å². The van der Waals surface area contributed by atoms with Crippen molar-refractivity contribution in [1.82, 2.24) is 5.32 Å². The zero-order chi connectivity index (χ0) is 13.5. The smallest absolute Gasteiger partial charge is 0.319 e. The molecule has 1 aromatic rings. The molecule has 4 N–H and O–H groups in total. The van der Waals surface area contributed by atoms with Crippen LogP contribution < -0.4 is 21.1 Å². The first-order valence-corrected chi connectivity index (χ1v) is 6.02. The number of nitrogens with two attached hydrogens (primary N) is 1. The number of anilines is 1. The average Bonchev–Trinajstić information content (AvgIpc) is 2.36. The summed E-state index contributed by atoms with van der Waals surface area (Å²) in [5, 5.41) is 5.42. The summed E-state index contributed by atoms with van der Waals surface area (Å²) in [5.74, 6) is 0.520. The van der Waals surface area contributed by atoms with Crippen LogP contribution in [0.1, 0.15) is 18.9 Å². The van der Waals surface area contributed by atoms with E-state index in [-0.39, 0.29) is 11.0 Å². The van der Waals surface area contributed by atoms with Crippen molar-refractivity contribution in [2.24, 2.45) is 5.73 Å². The van der Waals surface area contributed by atoms with Gasteiger partial charge < -0.3 is 21.1 Å². The van der Waals surface area contributed by atoms with E-state index in [0.29, 0.717) is 23.5 Å². The lowest BCUT2D eigenvalue weighted by molar-refractivity contribution is 0.252. The van der Waals surface area contributed by atoms with Gasteiger partial charge in [-0.3, -0.25) is 0 Å². The molecule has 0 aliphatic rings. The number of thiocarbonyl (C=S) groups is 1. The van der Waals surface area contributed by atoms with Gasteiger partial charge in [0.05, 0.1) is 12.8 Å². The lowest BCUT2D eigenvalue weighted by atomic mass is 10.2. The number of carbonyl (C=O) groups excluding carboxylic acids is 1. The zero-order valence-corrected chi connectivity index (χ0v) is 11.3. The number of carbonyl (C=O) groups is 1. The Morgan fingerprint density at radius 3 is 2.78 bits per heavy atom. The van der Waals surface area contributed by atoms with Crippen LogP contribution in [-0.2, 0) is 0 Å². The van der Waals surface area contributed by atoms with Crippen molar-refractivity contribution >= 4 is 28.9 Å². The minimum absolute atomic E-state index is 0.266. The minimum atomic E-state index is -0.266. The monoisotopic (exact) mass is 267 g/mol. The topological polar surface area (TPSA) is 76.4 Å². The normalized spacial score (nSPS) is 9.67. The molecule has 2 amide bonds. The van der Waals surface area contributed by atoms with Crippen molar-refractivity contribution in [3.63, 3.8) is 0 Å². The molecule has 0 aliphatic carbocycles. The molecule has 1 aromatic carbocycles. The Balaban J connectivity index is 2.82. The van der Waals surface area contributed by atoms with Crippen LogP contribution in [0.3, 0.4) is 0 Å². The molecule has 0 heterocycles. The maximum atomic E-state index is 11.5. The lowest BCUT2D eigenvalue weighted by Gasteiger charge is -2.12. The molecule has 1 rings (SSSR count). The molecule has 0 bridgehead atoms. The van der Waals surface area contributed by atoms with Gasteiger partial charge in [-0.1, -0.05) is 19.1 Å². The number of ether oxygens (including phenoxy) is 1. The summed E-state index contributed by atoms with van der Waals surface area (Å²) in [6.45, 7) is 2.61. The first-order valence-electron chi connectivity index (χ1n) is 5.61. The number of hydrogen-bond donors (Lipinski definition) is 3. The van der Waals surface area contributed by atoms with Crippen LogP contribution in [0.25, 0.3) is 0 Å². The van der Waals surface area contributed by atoms with Crippen molar-refractivity contribution in [2.45, 2.75) is 13.3 Å². The van der Waals surface area contributed by atoms with E-state index in [0.717, 1.165) is 6.42 Å². The molecule has 0 unspecified atom stereocenters. The summed E-state index contributed by atoms with van der Waals surface area (Å²) >= 11 is 4.88. The fourth-order valence-electron chi connectivity index (χ4n) is 1.35. The Bertz CT molecular complexity index is 449. The second-order valence-electron chi connectivity index (χ2n) is 3.66. The maximum absolute atomic E-state index is 11.5. The average molecular weight is 267 g/mol. The summed E-state index contributed by atoms with van der Waals surface area (Å²) in [5.41, 5.74) is 6.80. The minimum Gasteiger partial charge on any atom is -0.495 e. The zero-order valence-electron chi connectivity index (χ0n) is 10.4.